The smallest absolute Gasteiger partial charge is 0.320 e. The van der Waals surface area contributed by atoms with Crippen LogP contribution in [0.5, 0.6) is 5.75 Å². The maximum atomic E-state index is 12.6. The number of aromatic nitrogens is 2. The van der Waals surface area contributed by atoms with Crippen molar-refractivity contribution < 1.29 is 18.3 Å². The number of benzene rings is 1. The van der Waals surface area contributed by atoms with Gasteiger partial charge in [0.05, 0.1) is 5.56 Å². The number of hydrogen-bond acceptors (Lipinski definition) is 3. The van der Waals surface area contributed by atoms with Crippen molar-refractivity contribution in [2.24, 2.45) is 0 Å². The maximum Gasteiger partial charge on any atom is 0.320 e. The van der Waals surface area contributed by atoms with Crippen LogP contribution in [0.1, 0.15) is 28.3 Å². The number of carbonyl (C=O) groups excluding carboxylic acids is 1. The second-order valence-electron chi connectivity index (χ2n) is 3.93. The molecular weight excluding hydrogens is 254 g/mol. The number of nitrogens with zero attached hydrogens (tertiary/aromatic N) is 2. The zero-order valence-electron chi connectivity index (χ0n) is 10.2. The number of carbonyl (C=O) groups is 1. The first-order valence-electron chi connectivity index (χ1n) is 5.61. The second kappa shape index (κ2) is 5.60. The Morgan fingerprint density at radius 2 is 2.26 bits per heavy atom. The van der Waals surface area contributed by atoms with Gasteiger partial charge in [-0.25, -0.2) is 4.98 Å². The van der Waals surface area contributed by atoms with E-state index in [4.69, 9.17) is 4.74 Å². The third-order valence-electron chi connectivity index (χ3n) is 2.67. The SMILES string of the molecule is Cc1cccc(C=O)c1OCc1nccn1C(F)F. The molecule has 0 saturated heterocycles. The normalized spacial score (nSPS) is 10.7. The van der Waals surface area contributed by atoms with Crippen molar-refractivity contribution in [3.05, 3.63) is 47.5 Å². The summed E-state index contributed by atoms with van der Waals surface area (Å²) in [7, 11) is 0. The summed E-state index contributed by atoms with van der Waals surface area (Å²) in [5.74, 6) is 0.497. The van der Waals surface area contributed by atoms with E-state index < -0.39 is 6.55 Å². The lowest BCUT2D eigenvalue weighted by atomic mass is 10.1. The van der Waals surface area contributed by atoms with Crippen LogP contribution in [-0.4, -0.2) is 15.8 Å². The number of para-hydroxylation sites is 1. The van der Waals surface area contributed by atoms with Gasteiger partial charge < -0.3 is 4.74 Å². The quantitative estimate of drug-likeness (QED) is 0.781. The van der Waals surface area contributed by atoms with Gasteiger partial charge in [0.1, 0.15) is 12.4 Å². The molecule has 0 amide bonds. The van der Waals surface area contributed by atoms with Crippen molar-refractivity contribution in [1.82, 2.24) is 9.55 Å². The van der Waals surface area contributed by atoms with Crippen LogP contribution in [0.2, 0.25) is 0 Å². The van der Waals surface area contributed by atoms with E-state index in [2.05, 4.69) is 4.98 Å². The highest BCUT2D eigenvalue weighted by Gasteiger charge is 2.13. The van der Waals surface area contributed by atoms with Crippen LogP contribution < -0.4 is 4.74 Å². The fourth-order valence-electron chi connectivity index (χ4n) is 1.74. The number of halogens is 2. The van der Waals surface area contributed by atoms with E-state index >= 15 is 0 Å². The van der Waals surface area contributed by atoms with E-state index in [0.717, 1.165) is 10.1 Å². The Bertz CT molecular complexity index is 582. The molecule has 0 radical (unpaired) electrons. The molecule has 0 aliphatic heterocycles. The van der Waals surface area contributed by atoms with Gasteiger partial charge in [0, 0.05) is 12.4 Å². The molecule has 2 rings (SSSR count). The van der Waals surface area contributed by atoms with E-state index in [-0.39, 0.29) is 12.4 Å². The fraction of sp³-hybridized carbons (Fsp3) is 0.231. The highest BCUT2D eigenvalue weighted by atomic mass is 19.3. The van der Waals surface area contributed by atoms with Crippen LogP contribution in [0.3, 0.4) is 0 Å². The molecule has 1 heterocycles. The van der Waals surface area contributed by atoms with E-state index in [0.29, 0.717) is 17.6 Å². The lowest BCUT2D eigenvalue weighted by Gasteiger charge is -2.12. The minimum absolute atomic E-state index is 0.107. The lowest BCUT2D eigenvalue weighted by molar-refractivity contribution is 0.0631. The zero-order valence-corrected chi connectivity index (χ0v) is 10.2. The minimum Gasteiger partial charge on any atom is -0.485 e. The van der Waals surface area contributed by atoms with Crippen LogP contribution in [0.25, 0.3) is 0 Å². The van der Waals surface area contributed by atoms with Gasteiger partial charge in [0.15, 0.2) is 12.1 Å². The van der Waals surface area contributed by atoms with Crippen LogP contribution >= 0.6 is 0 Å². The van der Waals surface area contributed by atoms with Crippen molar-refractivity contribution in [2.45, 2.75) is 20.1 Å². The third kappa shape index (κ3) is 2.78. The molecule has 100 valence electrons. The number of imidazole rings is 1. The van der Waals surface area contributed by atoms with Crippen molar-refractivity contribution in [3.63, 3.8) is 0 Å². The summed E-state index contributed by atoms with van der Waals surface area (Å²) < 4.78 is 31.4. The summed E-state index contributed by atoms with van der Waals surface area (Å²) >= 11 is 0. The van der Waals surface area contributed by atoms with Crippen LogP contribution in [-0.2, 0) is 6.61 Å². The predicted molar refractivity (Wildman–Crippen MR) is 64.4 cm³/mol. The summed E-state index contributed by atoms with van der Waals surface area (Å²) in [5.41, 5.74) is 1.15. The summed E-state index contributed by atoms with van der Waals surface area (Å²) in [5, 5.41) is 0. The van der Waals surface area contributed by atoms with Gasteiger partial charge in [-0.2, -0.15) is 8.78 Å². The molecule has 0 bridgehead atoms. The molecule has 0 spiro atoms. The molecule has 0 fully saturated rings. The Balaban J connectivity index is 2.19. The molecule has 4 nitrogen and oxygen atoms in total. The zero-order chi connectivity index (χ0) is 13.8. The Morgan fingerprint density at radius 1 is 1.47 bits per heavy atom. The number of aldehydes is 1. The molecular formula is C13H12F2N2O2. The Kier molecular flexibility index (Phi) is 3.89. The largest absolute Gasteiger partial charge is 0.485 e. The highest BCUT2D eigenvalue weighted by Crippen LogP contribution is 2.23. The van der Waals surface area contributed by atoms with E-state index in [1.165, 1.54) is 12.4 Å². The van der Waals surface area contributed by atoms with Crippen molar-refractivity contribution in [1.29, 1.82) is 0 Å². The molecule has 0 saturated carbocycles. The first-order valence-corrected chi connectivity index (χ1v) is 5.61. The van der Waals surface area contributed by atoms with E-state index in [9.17, 15) is 13.6 Å². The summed E-state index contributed by atoms with van der Waals surface area (Å²) in [6.45, 7) is -1.01. The fourth-order valence-corrected chi connectivity index (χ4v) is 1.74. The first-order chi connectivity index (χ1) is 9.13. The number of rotatable bonds is 5. The minimum atomic E-state index is -2.66. The summed E-state index contributed by atoms with van der Waals surface area (Å²) in [6, 6.07) is 5.11. The van der Waals surface area contributed by atoms with Crippen LogP contribution in [0.15, 0.2) is 30.6 Å². The number of ether oxygens (including phenoxy) is 1. The number of aryl methyl sites for hydroxylation is 1. The molecule has 0 aliphatic rings. The second-order valence-corrected chi connectivity index (χ2v) is 3.93. The molecule has 6 heteroatoms. The molecule has 0 N–H and O–H groups in total. The van der Waals surface area contributed by atoms with Gasteiger partial charge in [0.25, 0.3) is 0 Å². The van der Waals surface area contributed by atoms with E-state index in [1.54, 1.807) is 25.1 Å². The van der Waals surface area contributed by atoms with Crippen molar-refractivity contribution in [2.75, 3.05) is 0 Å². The Morgan fingerprint density at radius 3 is 2.95 bits per heavy atom. The first kappa shape index (κ1) is 13.2. The Labute approximate surface area is 108 Å². The van der Waals surface area contributed by atoms with Gasteiger partial charge in [0.2, 0.25) is 0 Å². The van der Waals surface area contributed by atoms with Gasteiger partial charge in [-0.15, -0.1) is 0 Å². The third-order valence-corrected chi connectivity index (χ3v) is 2.67. The van der Waals surface area contributed by atoms with E-state index in [1.807, 2.05) is 0 Å². The monoisotopic (exact) mass is 266 g/mol. The Hall–Kier alpha value is -2.24. The molecule has 1 aromatic heterocycles. The van der Waals surface area contributed by atoms with Crippen LogP contribution in [0, 0.1) is 6.92 Å². The topological polar surface area (TPSA) is 44.1 Å². The van der Waals surface area contributed by atoms with Gasteiger partial charge >= 0.3 is 6.55 Å². The number of alkyl halides is 2. The highest BCUT2D eigenvalue weighted by molar-refractivity contribution is 5.80. The summed E-state index contributed by atoms with van der Waals surface area (Å²) in [6.07, 6.45) is 3.13. The van der Waals surface area contributed by atoms with Gasteiger partial charge in [-0.3, -0.25) is 9.36 Å². The van der Waals surface area contributed by atoms with Crippen molar-refractivity contribution >= 4 is 6.29 Å². The van der Waals surface area contributed by atoms with Crippen molar-refractivity contribution in [3.8, 4) is 5.75 Å². The summed E-state index contributed by atoms with van der Waals surface area (Å²) in [4.78, 5) is 14.7. The van der Waals surface area contributed by atoms with Gasteiger partial charge in [-0.1, -0.05) is 12.1 Å². The standard InChI is InChI=1S/C13H12F2N2O2/c1-9-3-2-4-10(7-18)12(9)19-8-11-16-5-6-17(11)13(14)15/h2-7,13H,8H2,1H3. The van der Waals surface area contributed by atoms with Crippen LogP contribution in [0.4, 0.5) is 8.78 Å². The average molecular weight is 266 g/mol. The molecule has 1 aromatic carbocycles. The molecule has 2 aromatic rings. The number of hydrogen-bond donors (Lipinski definition) is 0. The average Bonchev–Trinajstić information content (AvgIpc) is 2.85. The van der Waals surface area contributed by atoms with Gasteiger partial charge in [-0.05, 0) is 18.6 Å². The molecule has 19 heavy (non-hydrogen) atoms. The molecule has 0 unspecified atom stereocenters. The maximum absolute atomic E-state index is 12.6. The molecule has 0 atom stereocenters. The molecule has 0 aliphatic carbocycles. The predicted octanol–water partition coefficient (Wildman–Crippen LogP) is 2.98. The lowest BCUT2D eigenvalue weighted by Crippen LogP contribution is -2.08.